The Morgan fingerprint density at radius 3 is 2.56 bits per heavy atom. The zero-order valence-electron chi connectivity index (χ0n) is 13.5. The minimum Gasteiger partial charge on any atom is -0.452 e. The lowest BCUT2D eigenvalue weighted by Gasteiger charge is -2.14. The summed E-state index contributed by atoms with van der Waals surface area (Å²) in [6.07, 6.45) is 0. The van der Waals surface area contributed by atoms with Gasteiger partial charge in [0.05, 0.1) is 16.5 Å². The third-order valence-electron chi connectivity index (χ3n) is 3.47. The van der Waals surface area contributed by atoms with Crippen molar-refractivity contribution in [2.75, 3.05) is 12.3 Å². The summed E-state index contributed by atoms with van der Waals surface area (Å²) in [6.45, 7) is 1.31. The van der Waals surface area contributed by atoms with Gasteiger partial charge in [-0.2, -0.15) is 0 Å². The molecule has 8 nitrogen and oxygen atoms in total. The van der Waals surface area contributed by atoms with Crippen molar-refractivity contribution in [3.8, 4) is 0 Å². The number of esters is 1. The lowest BCUT2D eigenvalue weighted by Crippen LogP contribution is -2.31. The first-order valence-corrected chi connectivity index (χ1v) is 7.44. The molecule has 0 aliphatic rings. The molecule has 0 aliphatic heterocycles. The molecule has 2 rings (SSSR count). The van der Waals surface area contributed by atoms with E-state index in [1.807, 2.05) is 30.3 Å². The van der Waals surface area contributed by atoms with Crippen LogP contribution in [0.2, 0.25) is 0 Å². The minimum atomic E-state index is -0.842. The Labute approximate surface area is 143 Å². The number of nitrogens with two attached hydrogens (primary N) is 1. The minimum absolute atomic E-state index is 0.0511. The molecule has 0 saturated heterocycles. The van der Waals surface area contributed by atoms with Gasteiger partial charge in [-0.3, -0.25) is 14.9 Å². The first kappa shape index (κ1) is 17.9. The van der Waals surface area contributed by atoms with Crippen LogP contribution in [0.3, 0.4) is 0 Å². The van der Waals surface area contributed by atoms with Crippen molar-refractivity contribution in [1.29, 1.82) is 0 Å². The van der Waals surface area contributed by atoms with Crippen LogP contribution in [0.5, 0.6) is 0 Å². The second-order valence-corrected chi connectivity index (χ2v) is 5.31. The fourth-order valence-electron chi connectivity index (χ4n) is 2.15. The van der Waals surface area contributed by atoms with Crippen molar-refractivity contribution in [2.24, 2.45) is 0 Å². The molecule has 0 heterocycles. The molecule has 1 amide bonds. The van der Waals surface area contributed by atoms with Gasteiger partial charge in [-0.1, -0.05) is 30.3 Å². The Morgan fingerprint density at radius 1 is 1.24 bits per heavy atom. The quantitative estimate of drug-likeness (QED) is 0.358. The molecule has 2 aromatic carbocycles. The standard InChI is InChI=1S/C17H17N3O5/c1-11(12-5-3-2-4-6-12)19-16(21)10-25-17(22)13-7-8-14(18)15(9-13)20(23)24/h2-9,11H,10,18H2,1H3,(H,19,21)/t11-/m1/s1. The molecule has 3 N–H and O–H groups in total. The number of ether oxygens (including phenoxy) is 1. The van der Waals surface area contributed by atoms with Crippen molar-refractivity contribution in [3.05, 3.63) is 69.8 Å². The van der Waals surface area contributed by atoms with Crippen molar-refractivity contribution in [3.63, 3.8) is 0 Å². The van der Waals surface area contributed by atoms with Crippen LogP contribution in [0.1, 0.15) is 28.9 Å². The molecule has 2 aromatic rings. The molecular formula is C17H17N3O5. The highest BCUT2D eigenvalue weighted by Crippen LogP contribution is 2.22. The Kier molecular flexibility index (Phi) is 5.67. The summed E-state index contributed by atoms with van der Waals surface area (Å²) < 4.78 is 4.89. The Bertz CT molecular complexity index is 792. The van der Waals surface area contributed by atoms with Gasteiger partial charge in [0.15, 0.2) is 6.61 Å². The largest absolute Gasteiger partial charge is 0.452 e. The summed E-state index contributed by atoms with van der Waals surface area (Å²) in [5.41, 5.74) is 5.88. The van der Waals surface area contributed by atoms with E-state index >= 15 is 0 Å². The third-order valence-corrected chi connectivity index (χ3v) is 3.47. The van der Waals surface area contributed by atoms with E-state index in [1.54, 1.807) is 6.92 Å². The van der Waals surface area contributed by atoms with Crippen molar-refractivity contribution in [1.82, 2.24) is 5.32 Å². The van der Waals surface area contributed by atoms with E-state index in [0.717, 1.165) is 11.6 Å². The molecule has 0 spiro atoms. The topological polar surface area (TPSA) is 125 Å². The highest BCUT2D eigenvalue weighted by atomic mass is 16.6. The SMILES string of the molecule is C[C@@H](NC(=O)COC(=O)c1ccc(N)c([N+](=O)[O-])c1)c1ccccc1. The number of rotatable bonds is 6. The number of nitro groups is 1. The number of amides is 1. The summed E-state index contributed by atoms with van der Waals surface area (Å²) in [6, 6.07) is 12.6. The van der Waals surface area contributed by atoms with Gasteiger partial charge in [-0.25, -0.2) is 4.79 Å². The van der Waals surface area contributed by atoms with Gasteiger partial charge in [0, 0.05) is 6.07 Å². The number of carbonyl (C=O) groups excluding carboxylic acids is 2. The van der Waals surface area contributed by atoms with Gasteiger partial charge in [-0.05, 0) is 24.6 Å². The van der Waals surface area contributed by atoms with Crippen molar-refractivity contribution >= 4 is 23.3 Å². The van der Waals surface area contributed by atoms with Crippen molar-refractivity contribution < 1.29 is 19.2 Å². The van der Waals surface area contributed by atoms with Crippen LogP contribution in [0.25, 0.3) is 0 Å². The second kappa shape index (κ2) is 7.91. The normalized spacial score (nSPS) is 11.4. The summed E-state index contributed by atoms with van der Waals surface area (Å²) in [5.74, 6) is -1.32. The van der Waals surface area contributed by atoms with E-state index in [0.29, 0.717) is 0 Å². The maximum atomic E-state index is 11.9. The maximum absolute atomic E-state index is 11.9. The first-order chi connectivity index (χ1) is 11.9. The average Bonchev–Trinajstić information content (AvgIpc) is 2.60. The summed E-state index contributed by atoms with van der Waals surface area (Å²) in [7, 11) is 0. The predicted molar refractivity (Wildman–Crippen MR) is 90.8 cm³/mol. The Hall–Kier alpha value is -3.42. The van der Waals surface area contributed by atoms with Gasteiger partial charge in [-0.15, -0.1) is 0 Å². The number of nitro benzene ring substituents is 1. The molecule has 8 heteroatoms. The molecule has 25 heavy (non-hydrogen) atoms. The molecule has 0 aromatic heterocycles. The molecule has 0 bridgehead atoms. The molecule has 1 atom stereocenters. The molecule has 0 fully saturated rings. The van der Waals surface area contributed by atoms with Crippen LogP contribution in [0.4, 0.5) is 11.4 Å². The van der Waals surface area contributed by atoms with E-state index in [1.165, 1.54) is 12.1 Å². The molecule has 130 valence electrons. The number of nitrogens with one attached hydrogen (secondary N) is 1. The van der Waals surface area contributed by atoms with E-state index in [9.17, 15) is 19.7 Å². The number of hydrogen-bond acceptors (Lipinski definition) is 6. The number of nitrogen functional groups attached to an aromatic ring is 1. The summed E-state index contributed by atoms with van der Waals surface area (Å²) in [4.78, 5) is 33.9. The highest BCUT2D eigenvalue weighted by Gasteiger charge is 2.18. The fraction of sp³-hybridized carbons (Fsp3) is 0.176. The van der Waals surface area contributed by atoms with Crippen LogP contribution >= 0.6 is 0 Å². The van der Waals surface area contributed by atoms with Gasteiger partial charge in [0.1, 0.15) is 5.69 Å². The number of hydrogen-bond donors (Lipinski definition) is 2. The van der Waals surface area contributed by atoms with Gasteiger partial charge >= 0.3 is 5.97 Å². The number of benzene rings is 2. The molecular weight excluding hydrogens is 326 g/mol. The number of nitrogens with zero attached hydrogens (tertiary/aromatic N) is 1. The Balaban J connectivity index is 1.92. The lowest BCUT2D eigenvalue weighted by atomic mass is 10.1. The van der Waals surface area contributed by atoms with E-state index in [-0.39, 0.29) is 17.3 Å². The second-order valence-electron chi connectivity index (χ2n) is 5.31. The zero-order valence-corrected chi connectivity index (χ0v) is 13.5. The molecule has 0 saturated carbocycles. The Morgan fingerprint density at radius 2 is 1.92 bits per heavy atom. The smallest absolute Gasteiger partial charge is 0.338 e. The van der Waals surface area contributed by atoms with Crippen LogP contribution in [0.15, 0.2) is 48.5 Å². The summed E-state index contributed by atoms with van der Waals surface area (Å²) in [5, 5.41) is 13.5. The molecule has 0 aliphatic carbocycles. The van der Waals surface area contributed by atoms with E-state index in [2.05, 4.69) is 5.32 Å². The number of carbonyl (C=O) groups is 2. The third kappa shape index (κ3) is 4.77. The van der Waals surface area contributed by atoms with Gasteiger partial charge < -0.3 is 15.8 Å². The van der Waals surface area contributed by atoms with Crippen LogP contribution in [-0.2, 0) is 9.53 Å². The zero-order chi connectivity index (χ0) is 18.4. The van der Waals surface area contributed by atoms with Gasteiger partial charge in [0.25, 0.3) is 11.6 Å². The van der Waals surface area contributed by atoms with Crippen LogP contribution in [-0.4, -0.2) is 23.4 Å². The van der Waals surface area contributed by atoms with Gasteiger partial charge in [0.2, 0.25) is 0 Å². The van der Waals surface area contributed by atoms with Crippen LogP contribution < -0.4 is 11.1 Å². The lowest BCUT2D eigenvalue weighted by molar-refractivity contribution is -0.383. The predicted octanol–water partition coefficient (Wildman–Crippen LogP) is 2.21. The fourth-order valence-corrected chi connectivity index (χ4v) is 2.15. The number of anilines is 1. The highest BCUT2D eigenvalue weighted by molar-refractivity contribution is 5.92. The average molecular weight is 343 g/mol. The van der Waals surface area contributed by atoms with Crippen molar-refractivity contribution in [2.45, 2.75) is 13.0 Å². The van der Waals surface area contributed by atoms with E-state index < -0.39 is 29.1 Å². The molecule has 0 radical (unpaired) electrons. The summed E-state index contributed by atoms with van der Waals surface area (Å²) >= 11 is 0. The maximum Gasteiger partial charge on any atom is 0.338 e. The van der Waals surface area contributed by atoms with Crippen LogP contribution in [0, 0.1) is 10.1 Å². The van der Waals surface area contributed by atoms with E-state index in [4.69, 9.17) is 10.5 Å². The first-order valence-electron chi connectivity index (χ1n) is 7.44. The molecule has 0 unspecified atom stereocenters. The monoisotopic (exact) mass is 343 g/mol.